The molecule has 0 spiro atoms. The Hall–Kier alpha value is -0.910. The van der Waals surface area contributed by atoms with E-state index < -0.39 is 10.0 Å². The standard InChI is InChI=1S/C16H24N2O2S/c1-12-6-7-16(8-15(12)9-17-2)21(19,20)18-10-13-4-3-5-14(13)11-18/h6-8,13-14,17H,3-5,9-11H2,1-2H3. The first-order valence-corrected chi connectivity index (χ1v) is 9.20. The summed E-state index contributed by atoms with van der Waals surface area (Å²) >= 11 is 0. The van der Waals surface area contributed by atoms with Gasteiger partial charge in [0.15, 0.2) is 0 Å². The number of aryl methyl sites for hydroxylation is 1. The Bertz CT molecular complexity index is 615. The molecular weight excluding hydrogens is 284 g/mol. The highest BCUT2D eigenvalue weighted by molar-refractivity contribution is 7.89. The van der Waals surface area contributed by atoms with Crippen molar-refractivity contribution in [3.63, 3.8) is 0 Å². The first-order valence-electron chi connectivity index (χ1n) is 7.76. The van der Waals surface area contributed by atoms with Gasteiger partial charge >= 0.3 is 0 Å². The number of sulfonamides is 1. The lowest BCUT2D eigenvalue weighted by atomic mass is 10.0. The van der Waals surface area contributed by atoms with Crippen LogP contribution >= 0.6 is 0 Å². The third-order valence-electron chi connectivity index (χ3n) is 5.02. The molecule has 1 aromatic carbocycles. The average Bonchev–Trinajstić information content (AvgIpc) is 3.02. The van der Waals surface area contributed by atoms with Gasteiger partial charge in [-0.2, -0.15) is 4.31 Å². The first-order chi connectivity index (χ1) is 10.0. The lowest BCUT2D eigenvalue weighted by Gasteiger charge is -2.18. The molecule has 1 aromatic rings. The van der Waals surface area contributed by atoms with E-state index in [1.165, 1.54) is 19.3 Å². The van der Waals surface area contributed by atoms with Crippen LogP contribution < -0.4 is 5.32 Å². The molecule has 2 unspecified atom stereocenters. The van der Waals surface area contributed by atoms with Gasteiger partial charge in [0.1, 0.15) is 0 Å². The van der Waals surface area contributed by atoms with Crippen LogP contribution in [-0.4, -0.2) is 32.9 Å². The van der Waals surface area contributed by atoms with Gasteiger partial charge in [0, 0.05) is 19.6 Å². The van der Waals surface area contributed by atoms with E-state index in [0.29, 0.717) is 36.4 Å². The molecule has 1 aliphatic heterocycles. The van der Waals surface area contributed by atoms with Gasteiger partial charge in [-0.05, 0) is 61.9 Å². The Labute approximate surface area is 127 Å². The maximum atomic E-state index is 12.8. The fourth-order valence-electron chi connectivity index (χ4n) is 3.73. The first kappa shape index (κ1) is 15.0. The van der Waals surface area contributed by atoms with Crippen molar-refractivity contribution < 1.29 is 8.42 Å². The molecule has 2 aliphatic rings. The highest BCUT2D eigenvalue weighted by Crippen LogP contribution is 2.39. The lowest BCUT2D eigenvalue weighted by Crippen LogP contribution is -2.29. The van der Waals surface area contributed by atoms with Crippen LogP contribution in [0.5, 0.6) is 0 Å². The molecule has 2 fully saturated rings. The largest absolute Gasteiger partial charge is 0.316 e. The molecule has 0 radical (unpaired) electrons. The summed E-state index contributed by atoms with van der Waals surface area (Å²) in [6.07, 6.45) is 3.64. The van der Waals surface area contributed by atoms with E-state index >= 15 is 0 Å². The van der Waals surface area contributed by atoms with E-state index in [1.54, 1.807) is 10.4 Å². The highest BCUT2D eigenvalue weighted by atomic mass is 32.2. The molecule has 1 saturated heterocycles. The molecule has 2 atom stereocenters. The summed E-state index contributed by atoms with van der Waals surface area (Å²) in [7, 11) is -1.46. The maximum Gasteiger partial charge on any atom is 0.243 e. The van der Waals surface area contributed by atoms with E-state index in [2.05, 4.69) is 5.32 Å². The fraction of sp³-hybridized carbons (Fsp3) is 0.625. The zero-order chi connectivity index (χ0) is 15.0. The Morgan fingerprint density at radius 3 is 2.52 bits per heavy atom. The monoisotopic (exact) mass is 308 g/mol. The second kappa shape index (κ2) is 5.71. The molecule has 21 heavy (non-hydrogen) atoms. The molecule has 1 heterocycles. The minimum atomic E-state index is -3.33. The topological polar surface area (TPSA) is 49.4 Å². The van der Waals surface area contributed by atoms with Crippen LogP contribution in [0.4, 0.5) is 0 Å². The molecule has 1 saturated carbocycles. The van der Waals surface area contributed by atoms with Crippen LogP contribution in [0.3, 0.4) is 0 Å². The van der Waals surface area contributed by atoms with E-state index in [-0.39, 0.29) is 0 Å². The van der Waals surface area contributed by atoms with Gasteiger partial charge in [-0.15, -0.1) is 0 Å². The summed E-state index contributed by atoms with van der Waals surface area (Å²) < 4.78 is 27.4. The Morgan fingerprint density at radius 2 is 1.90 bits per heavy atom. The normalized spacial score (nSPS) is 26.2. The molecule has 0 bridgehead atoms. The summed E-state index contributed by atoms with van der Waals surface area (Å²) in [5.41, 5.74) is 2.18. The zero-order valence-corrected chi connectivity index (χ0v) is 13.6. The van der Waals surface area contributed by atoms with Crippen molar-refractivity contribution in [1.29, 1.82) is 0 Å². The van der Waals surface area contributed by atoms with E-state index in [1.807, 2.05) is 26.1 Å². The number of hydrogen-bond acceptors (Lipinski definition) is 3. The smallest absolute Gasteiger partial charge is 0.243 e. The lowest BCUT2D eigenvalue weighted by molar-refractivity contribution is 0.445. The number of benzene rings is 1. The second-order valence-electron chi connectivity index (χ2n) is 6.39. The molecule has 0 amide bonds. The van der Waals surface area contributed by atoms with Gasteiger partial charge in [-0.25, -0.2) is 8.42 Å². The highest BCUT2D eigenvalue weighted by Gasteiger charge is 2.41. The third-order valence-corrected chi connectivity index (χ3v) is 6.85. The number of hydrogen-bond donors (Lipinski definition) is 1. The quantitative estimate of drug-likeness (QED) is 0.927. The fourth-order valence-corrected chi connectivity index (χ4v) is 5.33. The molecule has 5 heteroatoms. The molecule has 1 N–H and O–H groups in total. The van der Waals surface area contributed by atoms with Crippen molar-refractivity contribution in [2.24, 2.45) is 11.8 Å². The van der Waals surface area contributed by atoms with Crippen molar-refractivity contribution in [2.45, 2.75) is 37.6 Å². The van der Waals surface area contributed by atoms with Crippen molar-refractivity contribution >= 4 is 10.0 Å². The van der Waals surface area contributed by atoms with Gasteiger partial charge in [0.25, 0.3) is 0 Å². The summed E-state index contributed by atoms with van der Waals surface area (Å²) in [4.78, 5) is 0.443. The molecule has 116 valence electrons. The van der Waals surface area contributed by atoms with Crippen LogP contribution in [0.25, 0.3) is 0 Å². The van der Waals surface area contributed by atoms with Crippen LogP contribution in [0, 0.1) is 18.8 Å². The Morgan fingerprint density at radius 1 is 1.24 bits per heavy atom. The van der Waals surface area contributed by atoms with Crippen molar-refractivity contribution in [3.05, 3.63) is 29.3 Å². The molecule has 1 aliphatic carbocycles. The van der Waals surface area contributed by atoms with Gasteiger partial charge in [-0.1, -0.05) is 12.5 Å². The van der Waals surface area contributed by atoms with Gasteiger partial charge in [-0.3, -0.25) is 0 Å². The molecular formula is C16H24N2O2S. The van der Waals surface area contributed by atoms with E-state index in [4.69, 9.17) is 0 Å². The van der Waals surface area contributed by atoms with Crippen LogP contribution in [-0.2, 0) is 16.6 Å². The summed E-state index contributed by atoms with van der Waals surface area (Å²) in [5.74, 6) is 1.17. The number of nitrogens with zero attached hydrogens (tertiary/aromatic N) is 1. The summed E-state index contributed by atoms with van der Waals surface area (Å²) in [5, 5.41) is 3.10. The van der Waals surface area contributed by atoms with Gasteiger partial charge in [0.2, 0.25) is 10.0 Å². The van der Waals surface area contributed by atoms with E-state index in [0.717, 1.165) is 11.1 Å². The van der Waals surface area contributed by atoms with Crippen molar-refractivity contribution in [1.82, 2.24) is 9.62 Å². The molecule has 3 rings (SSSR count). The predicted octanol–water partition coefficient (Wildman–Crippen LogP) is 2.14. The molecule has 0 aromatic heterocycles. The SMILES string of the molecule is CNCc1cc(S(=O)(=O)N2CC3CCCC3C2)ccc1C. The number of nitrogens with one attached hydrogen (secondary N) is 1. The summed E-state index contributed by atoms with van der Waals surface area (Å²) in [6.45, 7) is 4.13. The van der Waals surface area contributed by atoms with Crippen LogP contribution in [0.15, 0.2) is 23.1 Å². The van der Waals surface area contributed by atoms with Crippen LogP contribution in [0.1, 0.15) is 30.4 Å². The predicted molar refractivity (Wildman–Crippen MR) is 83.5 cm³/mol. The zero-order valence-electron chi connectivity index (χ0n) is 12.8. The van der Waals surface area contributed by atoms with Crippen molar-refractivity contribution in [3.8, 4) is 0 Å². The average molecular weight is 308 g/mol. The molecule has 4 nitrogen and oxygen atoms in total. The Balaban J connectivity index is 1.86. The van der Waals surface area contributed by atoms with E-state index in [9.17, 15) is 8.42 Å². The number of rotatable bonds is 4. The maximum absolute atomic E-state index is 12.8. The number of fused-ring (bicyclic) bond motifs is 1. The minimum absolute atomic E-state index is 0.443. The van der Waals surface area contributed by atoms with Crippen LogP contribution in [0.2, 0.25) is 0 Å². The Kier molecular flexibility index (Phi) is 4.08. The van der Waals surface area contributed by atoms with Crippen molar-refractivity contribution in [2.75, 3.05) is 20.1 Å². The third kappa shape index (κ3) is 2.74. The van der Waals surface area contributed by atoms with Gasteiger partial charge in [0.05, 0.1) is 4.90 Å². The minimum Gasteiger partial charge on any atom is -0.316 e. The second-order valence-corrected chi connectivity index (χ2v) is 8.33. The van der Waals surface area contributed by atoms with Gasteiger partial charge < -0.3 is 5.32 Å². The summed E-state index contributed by atoms with van der Waals surface area (Å²) in [6, 6.07) is 5.49.